The quantitative estimate of drug-likeness (QED) is 0.676. The third-order valence-electron chi connectivity index (χ3n) is 6.10. The Morgan fingerprint density at radius 2 is 1.78 bits per heavy atom. The Labute approximate surface area is 190 Å². The van der Waals surface area contributed by atoms with Gasteiger partial charge in [0.1, 0.15) is 11.5 Å². The molecule has 1 heterocycles. The summed E-state index contributed by atoms with van der Waals surface area (Å²) < 4.78 is 10.9. The fourth-order valence-electron chi connectivity index (χ4n) is 4.17. The number of hydrogen-bond acceptors (Lipinski definition) is 4. The number of nitrogens with zero attached hydrogens (tertiary/aromatic N) is 1. The standard InChI is InChI=1S/C26H34N2O4/c1-17(2)12-13-27-25(29)23-16-28(26(30)19-8-6-18(3)7-9-19)15-22(23)21-11-10-20(31-4)14-24(21)32-5/h6-11,14,17,22-23H,12-13,15-16H2,1-5H3,(H,27,29). The number of amides is 2. The Balaban J connectivity index is 1.88. The van der Waals surface area contributed by atoms with Crippen LogP contribution in [-0.4, -0.2) is 50.6 Å². The molecule has 0 saturated carbocycles. The van der Waals surface area contributed by atoms with E-state index in [1.165, 1.54) is 0 Å². The summed E-state index contributed by atoms with van der Waals surface area (Å²) in [7, 11) is 3.22. The molecular formula is C26H34N2O4. The maximum atomic E-state index is 13.2. The molecule has 0 aliphatic carbocycles. The zero-order valence-corrected chi connectivity index (χ0v) is 19.7. The average Bonchev–Trinajstić information content (AvgIpc) is 3.23. The topological polar surface area (TPSA) is 67.9 Å². The van der Waals surface area contributed by atoms with Gasteiger partial charge in [-0.3, -0.25) is 9.59 Å². The summed E-state index contributed by atoms with van der Waals surface area (Å²) in [6.45, 7) is 7.72. The van der Waals surface area contributed by atoms with E-state index in [0.717, 1.165) is 17.5 Å². The van der Waals surface area contributed by atoms with Crippen molar-refractivity contribution in [3.63, 3.8) is 0 Å². The van der Waals surface area contributed by atoms with Crippen LogP contribution in [0.3, 0.4) is 0 Å². The van der Waals surface area contributed by atoms with Crippen molar-refractivity contribution in [1.29, 1.82) is 0 Å². The van der Waals surface area contributed by atoms with Crippen LogP contribution in [0.5, 0.6) is 11.5 Å². The first-order valence-electron chi connectivity index (χ1n) is 11.2. The molecule has 2 unspecified atom stereocenters. The number of likely N-dealkylation sites (tertiary alicyclic amines) is 1. The molecule has 0 bridgehead atoms. The summed E-state index contributed by atoms with van der Waals surface area (Å²) in [6, 6.07) is 13.2. The molecule has 1 aliphatic rings. The van der Waals surface area contributed by atoms with Gasteiger partial charge in [-0.25, -0.2) is 0 Å². The van der Waals surface area contributed by atoms with Gasteiger partial charge in [0, 0.05) is 42.7 Å². The van der Waals surface area contributed by atoms with Gasteiger partial charge in [0.15, 0.2) is 0 Å². The number of ether oxygens (including phenoxy) is 2. The lowest BCUT2D eigenvalue weighted by atomic mass is 9.87. The third-order valence-corrected chi connectivity index (χ3v) is 6.10. The van der Waals surface area contributed by atoms with Crippen molar-refractivity contribution in [2.45, 2.75) is 33.1 Å². The molecule has 1 aliphatic heterocycles. The first-order valence-corrected chi connectivity index (χ1v) is 11.2. The summed E-state index contributed by atoms with van der Waals surface area (Å²) in [5.41, 5.74) is 2.65. The molecule has 172 valence electrons. The van der Waals surface area contributed by atoms with Gasteiger partial charge >= 0.3 is 0 Å². The van der Waals surface area contributed by atoms with Crippen molar-refractivity contribution >= 4 is 11.8 Å². The molecule has 6 nitrogen and oxygen atoms in total. The van der Waals surface area contributed by atoms with Gasteiger partial charge in [-0.1, -0.05) is 37.6 Å². The fourth-order valence-corrected chi connectivity index (χ4v) is 4.17. The predicted octanol–water partition coefficient (Wildman–Crippen LogP) is 4.03. The van der Waals surface area contributed by atoms with Gasteiger partial charge < -0.3 is 19.7 Å². The lowest BCUT2D eigenvalue weighted by Gasteiger charge is -2.21. The zero-order valence-electron chi connectivity index (χ0n) is 19.7. The zero-order chi connectivity index (χ0) is 23.3. The number of benzene rings is 2. The third kappa shape index (κ3) is 5.42. The molecule has 2 atom stereocenters. The van der Waals surface area contributed by atoms with Crippen LogP contribution in [0.4, 0.5) is 0 Å². The van der Waals surface area contributed by atoms with Gasteiger partial charge in [0.05, 0.1) is 20.1 Å². The molecule has 0 radical (unpaired) electrons. The number of rotatable bonds is 8. The van der Waals surface area contributed by atoms with Crippen LogP contribution in [0.15, 0.2) is 42.5 Å². The SMILES string of the molecule is COc1ccc(C2CN(C(=O)c3ccc(C)cc3)CC2C(=O)NCCC(C)C)c(OC)c1. The highest BCUT2D eigenvalue weighted by molar-refractivity contribution is 5.95. The summed E-state index contributed by atoms with van der Waals surface area (Å²) in [4.78, 5) is 28.2. The monoisotopic (exact) mass is 438 g/mol. The van der Waals surface area contributed by atoms with Crippen LogP contribution in [0.2, 0.25) is 0 Å². The van der Waals surface area contributed by atoms with Crippen molar-refractivity contribution in [2.24, 2.45) is 11.8 Å². The number of nitrogens with one attached hydrogen (secondary N) is 1. The first kappa shape index (κ1) is 23.6. The minimum Gasteiger partial charge on any atom is -0.497 e. The summed E-state index contributed by atoms with van der Waals surface area (Å²) >= 11 is 0. The molecule has 1 fully saturated rings. The highest BCUT2D eigenvalue weighted by Gasteiger charge is 2.41. The van der Waals surface area contributed by atoms with Crippen molar-refractivity contribution in [3.05, 3.63) is 59.2 Å². The van der Waals surface area contributed by atoms with E-state index in [1.807, 2.05) is 49.4 Å². The molecule has 0 aromatic heterocycles. The summed E-state index contributed by atoms with van der Waals surface area (Å²) in [5, 5.41) is 3.08. The lowest BCUT2D eigenvalue weighted by Crippen LogP contribution is -2.36. The number of hydrogen-bond donors (Lipinski definition) is 1. The number of methoxy groups -OCH3 is 2. The molecule has 3 rings (SSSR count). The number of carbonyl (C=O) groups is 2. The maximum absolute atomic E-state index is 13.2. The van der Waals surface area contributed by atoms with E-state index in [-0.39, 0.29) is 23.7 Å². The van der Waals surface area contributed by atoms with Gasteiger partial charge in [-0.15, -0.1) is 0 Å². The van der Waals surface area contributed by atoms with Crippen LogP contribution in [-0.2, 0) is 4.79 Å². The van der Waals surface area contributed by atoms with Crippen LogP contribution in [0.25, 0.3) is 0 Å². The van der Waals surface area contributed by atoms with Gasteiger partial charge in [0.2, 0.25) is 5.91 Å². The van der Waals surface area contributed by atoms with Crippen molar-refractivity contribution in [1.82, 2.24) is 10.2 Å². The van der Waals surface area contributed by atoms with Crippen molar-refractivity contribution in [2.75, 3.05) is 33.9 Å². The molecule has 1 saturated heterocycles. The second-order valence-electron chi connectivity index (χ2n) is 8.87. The van der Waals surface area contributed by atoms with Crippen molar-refractivity contribution in [3.8, 4) is 11.5 Å². The van der Waals surface area contributed by atoms with Gasteiger partial charge in [-0.05, 0) is 37.5 Å². The predicted molar refractivity (Wildman–Crippen MR) is 125 cm³/mol. The Morgan fingerprint density at radius 3 is 2.41 bits per heavy atom. The van der Waals surface area contributed by atoms with Gasteiger partial charge in [-0.2, -0.15) is 0 Å². The molecule has 2 aromatic carbocycles. The van der Waals surface area contributed by atoms with E-state index < -0.39 is 0 Å². The van der Waals surface area contributed by atoms with E-state index in [9.17, 15) is 9.59 Å². The first-order chi connectivity index (χ1) is 15.3. The number of carbonyl (C=O) groups excluding carboxylic acids is 2. The molecular weight excluding hydrogens is 404 g/mol. The fraction of sp³-hybridized carbons (Fsp3) is 0.462. The van der Waals surface area contributed by atoms with Crippen LogP contribution < -0.4 is 14.8 Å². The van der Waals surface area contributed by atoms with Crippen LogP contribution >= 0.6 is 0 Å². The smallest absolute Gasteiger partial charge is 0.253 e. The van der Waals surface area contributed by atoms with Crippen molar-refractivity contribution < 1.29 is 19.1 Å². The van der Waals surface area contributed by atoms with E-state index >= 15 is 0 Å². The van der Waals surface area contributed by atoms with Gasteiger partial charge in [0.25, 0.3) is 5.91 Å². The summed E-state index contributed by atoms with van der Waals surface area (Å²) in [6.07, 6.45) is 0.918. The molecule has 6 heteroatoms. The molecule has 0 spiro atoms. The highest BCUT2D eigenvalue weighted by atomic mass is 16.5. The Hall–Kier alpha value is -3.02. The second kappa shape index (κ2) is 10.5. The largest absolute Gasteiger partial charge is 0.497 e. The van der Waals surface area contributed by atoms with E-state index in [4.69, 9.17) is 9.47 Å². The van der Waals surface area contributed by atoms with Crippen LogP contribution in [0, 0.1) is 18.8 Å². The molecule has 2 amide bonds. The molecule has 2 aromatic rings. The second-order valence-corrected chi connectivity index (χ2v) is 8.87. The Morgan fingerprint density at radius 1 is 1.06 bits per heavy atom. The Kier molecular flexibility index (Phi) is 7.78. The normalized spacial score (nSPS) is 18.0. The molecule has 1 N–H and O–H groups in total. The lowest BCUT2D eigenvalue weighted by molar-refractivity contribution is -0.124. The molecule has 32 heavy (non-hydrogen) atoms. The van der Waals surface area contributed by atoms with E-state index in [0.29, 0.717) is 42.6 Å². The number of aryl methyl sites for hydroxylation is 1. The highest BCUT2D eigenvalue weighted by Crippen LogP contribution is 2.39. The average molecular weight is 439 g/mol. The summed E-state index contributed by atoms with van der Waals surface area (Å²) in [5.74, 6) is 1.28. The maximum Gasteiger partial charge on any atom is 0.253 e. The van der Waals surface area contributed by atoms with E-state index in [1.54, 1.807) is 19.1 Å². The van der Waals surface area contributed by atoms with Crippen LogP contribution in [0.1, 0.15) is 47.7 Å². The minimum atomic E-state index is -0.348. The Bertz CT molecular complexity index is 939. The minimum absolute atomic E-state index is 0.0206. The van der Waals surface area contributed by atoms with E-state index in [2.05, 4.69) is 19.2 Å².